The highest BCUT2D eigenvalue weighted by Gasteiger charge is 2.21. The Labute approximate surface area is 169 Å². The fourth-order valence-corrected chi connectivity index (χ4v) is 4.47. The maximum absolute atomic E-state index is 13.2. The molecule has 0 spiro atoms. The fourth-order valence-electron chi connectivity index (χ4n) is 3.43. The van der Waals surface area contributed by atoms with E-state index in [0.717, 1.165) is 47.6 Å². The second-order valence-corrected chi connectivity index (χ2v) is 8.40. The van der Waals surface area contributed by atoms with Crippen LogP contribution in [-0.4, -0.2) is 53.3 Å². The van der Waals surface area contributed by atoms with Gasteiger partial charge in [-0.2, -0.15) is 0 Å². The number of esters is 1. The van der Waals surface area contributed by atoms with E-state index in [1.807, 2.05) is 20.8 Å². The Bertz CT molecular complexity index is 884. The van der Waals surface area contributed by atoms with Crippen molar-refractivity contribution in [2.24, 2.45) is 0 Å². The Hall–Kier alpha value is -1.77. The number of hydrogen-bond acceptors (Lipinski definition) is 7. The average Bonchev–Trinajstić information content (AvgIpc) is 3.26. The van der Waals surface area contributed by atoms with E-state index < -0.39 is 5.97 Å². The highest BCUT2D eigenvalue weighted by atomic mass is 32.1. The van der Waals surface area contributed by atoms with E-state index in [1.165, 1.54) is 15.9 Å². The van der Waals surface area contributed by atoms with Crippen molar-refractivity contribution >= 4 is 27.5 Å². The molecule has 28 heavy (non-hydrogen) atoms. The number of ether oxygens (including phenoxy) is 2. The molecule has 3 heterocycles. The molecule has 1 aliphatic rings. The minimum Gasteiger partial charge on any atom is -0.462 e. The van der Waals surface area contributed by atoms with Gasteiger partial charge in [-0.1, -0.05) is 6.92 Å². The molecule has 0 radical (unpaired) electrons. The summed E-state index contributed by atoms with van der Waals surface area (Å²) in [7, 11) is 0. The van der Waals surface area contributed by atoms with Gasteiger partial charge in [-0.05, 0) is 51.8 Å². The molecule has 2 aromatic heterocycles. The third-order valence-corrected chi connectivity index (χ3v) is 6.16. The van der Waals surface area contributed by atoms with Gasteiger partial charge in [0.2, 0.25) is 0 Å². The maximum atomic E-state index is 13.2. The van der Waals surface area contributed by atoms with Gasteiger partial charge in [-0.25, -0.2) is 4.98 Å². The standard InChI is InChI=1S/C20H29N3O4S/c1-4-9-26-10-11-27-17(24)13-23-16(12-22-7-5-6-8-22)21-19-18(20(23)25)14(2)15(3)28-19/h4-13H2,1-3H3. The summed E-state index contributed by atoms with van der Waals surface area (Å²) in [6, 6.07) is 0. The van der Waals surface area contributed by atoms with E-state index in [9.17, 15) is 9.59 Å². The molecule has 154 valence electrons. The molecular formula is C20H29N3O4S. The van der Waals surface area contributed by atoms with Crippen LogP contribution in [0.2, 0.25) is 0 Å². The van der Waals surface area contributed by atoms with Gasteiger partial charge >= 0.3 is 5.97 Å². The Balaban J connectivity index is 1.83. The predicted molar refractivity (Wildman–Crippen MR) is 110 cm³/mol. The van der Waals surface area contributed by atoms with Crippen LogP contribution in [0, 0.1) is 13.8 Å². The molecule has 0 saturated carbocycles. The van der Waals surface area contributed by atoms with Gasteiger partial charge in [0.25, 0.3) is 5.56 Å². The lowest BCUT2D eigenvalue weighted by molar-refractivity contribution is -0.146. The predicted octanol–water partition coefficient (Wildman–Crippen LogP) is 2.64. The zero-order chi connectivity index (χ0) is 20.1. The van der Waals surface area contributed by atoms with E-state index in [4.69, 9.17) is 14.5 Å². The van der Waals surface area contributed by atoms with Crippen LogP contribution >= 0.6 is 11.3 Å². The fraction of sp³-hybridized carbons (Fsp3) is 0.650. The molecule has 0 bridgehead atoms. The number of likely N-dealkylation sites (tertiary alicyclic amines) is 1. The van der Waals surface area contributed by atoms with Crippen LogP contribution in [-0.2, 0) is 27.4 Å². The Morgan fingerprint density at radius 3 is 2.64 bits per heavy atom. The Morgan fingerprint density at radius 1 is 1.18 bits per heavy atom. The van der Waals surface area contributed by atoms with Crippen LogP contribution in [0.5, 0.6) is 0 Å². The van der Waals surface area contributed by atoms with Gasteiger partial charge in [0.1, 0.15) is 23.8 Å². The van der Waals surface area contributed by atoms with E-state index in [1.54, 1.807) is 0 Å². The number of hydrogen-bond donors (Lipinski definition) is 0. The first-order valence-electron chi connectivity index (χ1n) is 9.96. The summed E-state index contributed by atoms with van der Waals surface area (Å²) in [5, 5.41) is 0.617. The number of thiophene rings is 1. The topological polar surface area (TPSA) is 73.7 Å². The normalized spacial score (nSPS) is 14.8. The van der Waals surface area contributed by atoms with Crippen LogP contribution in [0.15, 0.2) is 4.79 Å². The van der Waals surface area contributed by atoms with Gasteiger partial charge in [-0.15, -0.1) is 11.3 Å². The number of carbonyl (C=O) groups is 1. The second-order valence-electron chi connectivity index (χ2n) is 7.20. The van der Waals surface area contributed by atoms with Gasteiger partial charge in [-0.3, -0.25) is 19.1 Å². The lowest BCUT2D eigenvalue weighted by Gasteiger charge is -2.18. The summed E-state index contributed by atoms with van der Waals surface area (Å²) in [6.07, 6.45) is 3.24. The summed E-state index contributed by atoms with van der Waals surface area (Å²) in [6.45, 7) is 9.62. The average molecular weight is 408 g/mol. The van der Waals surface area contributed by atoms with Crippen LogP contribution in [0.4, 0.5) is 0 Å². The van der Waals surface area contributed by atoms with Crippen LogP contribution < -0.4 is 5.56 Å². The molecule has 1 aliphatic heterocycles. The molecule has 3 rings (SSSR count). The highest BCUT2D eigenvalue weighted by molar-refractivity contribution is 7.18. The number of carbonyl (C=O) groups excluding carboxylic acids is 1. The maximum Gasteiger partial charge on any atom is 0.326 e. The minimum absolute atomic E-state index is 0.118. The van der Waals surface area contributed by atoms with Crippen LogP contribution in [0.3, 0.4) is 0 Å². The molecule has 1 saturated heterocycles. The van der Waals surface area contributed by atoms with E-state index in [0.29, 0.717) is 31.0 Å². The number of nitrogens with zero attached hydrogens (tertiary/aromatic N) is 3. The summed E-state index contributed by atoms with van der Waals surface area (Å²) in [4.78, 5) is 34.4. The monoisotopic (exact) mass is 407 g/mol. The molecule has 0 unspecified atom stereocenters. The molecule has 2 aromatic rings. The molecule has 1 fully saturated rings. The molecule has 8 heteroatoms. The Kier molecular flexibility index (Phi) is 7.20. The zero-order valence-corrected chi connectivity index (χ0v) is 17.8. The molecule has 7 nitrogen and oxygen atoms in total. The van der Waals surface area contributed by atoms with Gasteiger partial charge in [0.15, 0.2) is 0 Å². The molecule has 0 aromatic carbocycles. The van der Waals surface area contributed by atoms with Gasteiger partial charge in [0, 0.05) is 11.5 Å². The minimum atomic E-state index is -0.435. The van der Waals surface area contributed by atoms with Crippen molar-refractivity contribution in [1.29, 1.82) is 0 Å². The number of rotatable bonds is 9. The summed E-state index contributed by atoms with van der Waals surface area (Å²) >= 11 is 1.54. The second kappa shape index (κ2) is 9.62. The SMILES string of the molecule is CCCOCCOC(=O)Cn1c(CN2CCCC2)nc2sc(C)c(C)c2c1=O. The van der Waals surface area contributed by atoms with Crippen molar-refractivity contribution in [2.45, 2.75) is 53.1 Å². The summed E-state index contributed by atoms with van der Waals surface area (Å²) < 4.78 is 12.1. The number of aryl methyl sites for hydroxylation is 2. The van der Waals surface area contributed by atoms with Crippen molar-refractivity contribution in [1.82, 2.24) is 14.5 Å². The van der Waals surface area contributed by atoms with E-state index in [-0.39, 0.29) is 18.7 Å². The summed E-state index contributed by atoms with van der Waals surface area (Å²) in [5.41, 5.74) is 0.792. The highest BCUT2D eigenvalue weighted by Crippen LogP contribution is 2.26. The molecule has 0 atom stereocenters. The molecule has 0 aliphatic carbocycles. The number of fused-ring (bicyclic) bond motifs is 1. The third kappa shape index (κ3) is 4.79. The third-order valence-electron chi connectivity index (χ3n) is 5.06. The van der Waals surface area contributed by atoms with Crippen molar-refractivity contribution in [2.75, 3.05) is 32.9 Å². The van der Waals surface area contributed by atoms with Crippen molar-refractivity contribution < 1.29 is 14.3 Å². The molecule has 0 amide bonds. The zero-order valence-electron chi connectivity index (χ0n) is 17.0. The molecule has 0 N–H and O–H groups in total. The van der Waals surface area contributed by atoms with Crippen LogP contribution in [0.25, 0.3) is 10.2 Å². The van der Waals surface area contributed by atoms with E-state index in [2.05, 4.69) is 4.90 Å². The van der Waals surface area contributed by atoms with Crippen molar-refractivity contribution in [3.63, 3.8) is 0 Å². The first-order chi connectivity index (χ1) is 13.5. The Morgan fingerprint density at radius 2 is 1.93 bits per heavy atom. The lowest BCUT2D eigenvalue weighted by Crippen LogP contribution is -2.32. The first-order valence-corrected chi connectivity index (χ1v) is 10.8. The van der Waals surface area contributed by atoms with Crippen molar-refractivity contribution in [3.8, 4) is 0 Å². The first kappa shape index (κ1) is 21.0. The van der Waals surface area contributed by atoms with E-state index >= 15 is 0 Å². The summed E-state index contributed by atoms with van der Waals surface area (Å²) in [5.74, 6) is 0.204. The largest absolute Gasteiger partial charge is 0.462 e. The van der Waals surface area contributed by atoms with Crippen molar-refractivity contribution in [3.05, 3.63) is 26.6 Å². The lowest BCUT2D eigenvalue weighted by atomic mass is 10.2. The smallest absolute Gasteiger partial charge is 0.326 e. The van der Waals surface area contributed by atoms with Gasteiger partial charge < -0.3 is 9.47 Å². The molecular weight excluding hydrogens is 378 g/mol. The van der Waals surface area contributed by atoms with Crippen LogP contribution in [0.1, 0.15) is 42.5 Å². The number of aromatic nitrogens is 2. The van der Waals surface area contributed by atoms with Gasteiger partial charge in [0.05, 0.1) is 18.5 Å². The quantitative estimate of drug-likeness (QED) is 0.470.